The van der Waals surface area contributed by atoms with E-state index in [4.69, 9.17) is 9.47 Å². The molecule has 10 nitrogen and oxygen atoms in total. The summed E-state index contributed by atoms with van der Waals surface area (Å²) in [4.78, 5) is 12.6. The lowest BCUT2D eigenvalue weighted by Crippen LogP contribution is -2.40. The van der Waals surface area contributed by atoms with Crippen molar-refractivity contribution in [3.05, 3.63) is 53.6 Å². The molecule has 1 fully saturated rings. The third-order valence-electron chi connectivity index (χ3n) is 5.38. The van der Waals surface area contributed by atoms with Crippen molar-refractivity contribution in [1.29, 1.82) is 0 Å². The Morgan fingerprint density at radius 1 is 1.03 bits per heavy atom. The number of nitrogens with zero attached hydrogens (tertiary/aromatic N) is 1. The largest absolute Gasteiger partial charge is 0.484 e. The second kappa shape index (κ2) is 12.0. The summed E-state index contributed by atoms with van der Waals surface area (Å²) in [6, 6.07) is 10.8. The number of hydrogen-bond acceptors (Lipinski definition) is 7. The molecule has 1 aliphatic rings. The number of morpholine rings is 1. The second-order valence-corrected chi connectivity index (χ2v) is 11.8. The van der Waals surface area contributed by atoms with Gasteiger partial charge in [-0.3, -0.25) is 4.79 Å². The summed E-state index contributed by atoms with van der Waals surface area (Å²) in [5, 5.41) is 2.72. The lowest BCUT2D eigenvalue weighted by molar-refractivity contribution is -0.123. The standard InChI is InChI=1S/C23H31N3O7S2/c1-3-10-25-34(28,29)21-8-9-22(18(2)15-21)33-17-23(27)24-16-19-4-6-20(7-5-19)35(30,31)26-11-13-32-14-12-26/h4-9,15,25H,3,10-14,16-17H2,1-2H3,(H,24,27). The fraction of sp³-hybridized carbons (Fsp3) is 0.435. The lowest BCUT2D eigenvalue weighted by Gasteiger charge is -2.26. The topological polar surface area (TPSA) is 131 Å². The number of amides is 1. The van der Waals surface area contributed by atoms with Gasteiger partial charge in [0.25, 0.3) is 5.91 Å². The number of carbonyl (C=O) groups is 1. The molecule has 0 spiro atoms. The number of rotatable bonds is 11. The molecule has 35 heavy (non-hydrogen) atoms. The normalized spacial score (nSPS) is 15.0. The van der Waals surface area contributed by atoms with Gasteiger partial charge in [-0.15, -0.1) is 0 Å². The third-order valence-corrected chi connectivity index (χ3v) is 8.75. The fourth-order valence-corrected chi connectivity index (χ4v) is 6.01. The second-order valence-electron chi connectivity index (χ2n) is 8.05. The molecule has 2 aromatic rings. The molecule has 0 aromatic heterocycles. The Bertz CT molecular complexity index is 1220. The first-order chi connectivity index (χ1) is 16.6. The van der Waals surface area contributed by atoms with Crippen LogP contribution in [-0.4, -0.2) is 66.5 Å². The van der Waals surface area contributed by atoms with E-state index in [1.807, 2.05) is 6.92 Å². The highest BCUT2D eigenvalue weighted by molar-refractivity contribution is 7.89. The van der Waals surface area contributed by atoms with Gasteiger partial charge in [0, 0.05) is 26.2 Å². The van der Waals surface area contributed by atoms with Crippen LogP contribution >= 0.6 is 0 Å². The van der Waals surface area contributed by atoms with E-state index in [0.29, 0.717) is 50.6 Å². The number of nitrogens with one attached hydrogen (secondary N) is 2. The lowest BCUT2D eigenvalue weighted by atomic mass is 10.2. The van der Waals surface area contributed by atoms with Gasteiger partial charge >= 0.3 is 0 Å². The van der Waals surface area contributed by atoms with Crippen LogP contribution in [0.4, 0.5) is 0 Å². The average Bonchev–Trinajstić information content (AvgIpc) is 2.86. The maximum atomic E-state index is 12.7. The molecule has 1 heterocycles. The van der Waals surface area contributed by atoms with Gasteiger partial charge in [0.2, 0.25) is 20.0 Å². The molecule has 192 valence electrons. The van der Waals surface area contributed by atoms with E-state index in [9.17, 15) is 21.6 Å². The molecule has 0 atom stereocenters. The van der Waals surface area contributed by atoms with E-state index in [-0.39, 0.29) is 28.8 Å². The monoisotopic (exact) mass is 525 g/mol. The van der Waals surface area contributed by atoms with Gasteiger partial charge in [0.1, 0.15) is 5.75 Å². The van der Waals surface area contributed by atoms with Gasteiger partial charge in [0.15, 0.2) is 6.61 Å². The van der Waals surface area contributed by atoms with Crippen molar-refractivity contribution >= 4 is 26.0 Å². The van der Waals surface area contributed by atoms with E-state index in [1.54, 1.807) is 19.1 Å². The van der Waals surface area contributed by atoms with E-state index < -0.39 is 20.0 Å². The number of carbonyl (C=O) groups excluding carboxylic acids is 1. The van der Waals surface area contributed by atoms with Crippen molar-refractivity contribution in [3.8, 4) is 5.75 Å². The van der Waals surface area contributed by atoms with Gasteiger partial charge < -0.3 is 14.8 Å². The first kappa shape index (κ1) is 27.1. The van der Waals surface area contributed by atoms with Crippen LogP contribution in [0.2, 0.25) is 0 Å². The minimum Gasteiger partial charge on any atom is -0.484 e. The molecule has 1 saturated heterocycles. The molecule has 0 radical (unpaired) electrons. The Balaban J connectivity index is 1.51. The highest BCUT2D eigenvalue weighted by atomic mass is 32.2. The Labute approximate surface area is 206 Å². The van der Waals surface area contributed by atoms with E-state index in [2.05, 4.69) is 10.0 Å². The summed E-state index contributed by atoms with van der Waals surface area (Å²) in [5.41, 5.74) is 1.33. The number of ether oxygens (including phenoxy) is 2. The van der Waals surface area contributed by atoms with Gasteiger partial charge in [-0.05, 0) is 54.8 Å². The first-order valence-corrected chi connectivity index (χ1v) is 14.2. The molecule has 1 amide bonds. The van der Waals surface area contributed by atoms with E-state index in [1.165, 1.54) is 34.6 Å². The molecule has 0 aliphatic carbocycles. The van der Waals surface area contributed by atoms with Gasteiger partial charge in [-0.25, -0.2) is 21.6 Å². The van der Waals surface area contributed by atoms with E-state index in [0.717, 1.165) is 5.56 Å². The van der Waals surface area contributed by atoms with E-state index >= 15 is 0 Å². The van der Waals surface area contributed by atoms with Gasteiger partial charge in [-0.1, -0.05) is 19.1 Å². The van der Waals surface area contributed by atoms with Crippen LogP contribution in [0.1, 0.15) is 24.5 Å². The van der Waals surface area contributed by atoms with Crippen molar-refractivity contribution in [2.75, 3.05) is 39.5 Å². The smallest absolute Gasteiger partial charge is 0.258 e. The Kier molecular flexibility index (Phi) is 9.25. The highest BCUT2D eigenvalue weighted by Crippen LogP contribution is 2.22. The van der Waals surface area contributed by atoms with Crippen molar-refractivity contribution in [2.24, 2.45) is 0 Å². The molecule has 1 aliphatic heterocycles. The summed E-state index contributed by atoms with van der Waals surface area (Å²) in [5.74, 6) is 0.0444. The van der Waals surface area contributed by atoms with Crippen LogP contribution in [0.5, 0.6) is 5.75 Å². The highest BCUT2D eigenvalue weighted by Gasteiger charge is 2.26. The molecule has 0 bridgehead atoms. The Morgan fingerprint density at radius 3 is 2.31 bits per heavy atom. The van der Waals surface area contributed by atoms with Crippen molar-refractivity contribution in [3.63, 3.8) is 0 Å². The predicted octanol–water partition coefficient (Wildman–Crippen LogP) is 1.40. The summed E-state index contributed by atoms with van der Waals surface area (Å²) >= 11 is 0. The fourth-order valence-electron chi connectivity index (χ4n) is 3.38. The number of sulfonamides is 2. The Morgan fingerprint density at radius 2 is 1.69 bits per heavy atom. The van der Waals surface area contributed by atoms with Crippen LogP contribution < -0.4 is 14.8 Å². The molecule has 0 saturated carbocycles. The molecule has 2 N–H and O–H groups in total. The zero-order valence-corrected chi connectivity index (χ0v) is 21.5. The van der Waals surface area contributed by atoms with Crippen LogP contribution in [-0.2, 0) is 36.1 Å². The third kappa shape index (κ3) is 7.24. The summed E-state index contributed by atoms with van der Waals surface area (Å²) in [6.07, 6.45) is 0.687. The average molecular weight is 526 g/mol. The molecule has 0 unspecified atom stereocenters. The predicted molar refractivity (Wildman–Crippen MR) is 130 cm³/mol. The van der Waals surface area contributed by atoms with Gasteiger partial charge in [-0.2, -0.15) is 4.31 Å². The van der Waals surface area contributed by atoms with Crippen LogP contribution in [0.25, 0.3) is 0 Å². The summed E-state index contributed by atoms with van der Waals surface area (Å²) in [6.45, 7) is 5.31. The Hall–Kier alpha value is -2.51. The molecule has 2 aromatic carbocycles. The number of benzene rings is 2. The first-order valence-electron chi connectivity index (χ1n) is 11.3. The SMILES string of the molecule is CCCNS(=O)(=O)c1ccc(OCC(=O)NCc2ccc(S(=O)(=O)N3CCOCC3)cc2)c(C)c1. The molecular weight excluding hydrogens is 494 g/mol. The zero-order chi connectivity index (χ0) is 25.5. The minimum atomic E-state index is -3.58. The molecular formula is C23H31N3O7S2. The van der Waals surface area contributed by atoms with Crippen LogP contribution in [0.3, 0.4) is 0 Å². The van der Waals surface area contributed by atoms with Crippen LogP contribution in [0.15, 0.2) is 52.3 Å². The van der Waals surface area contributed by atoms with Crippen LogP contribution in [0, 0.1) is 6.92 Å². The maximum absolute atomic E-state index is 12.7. The van der Waals surface area contributed by atoms with Crippen molar-refractivity contribution in [1.82, 2.24) is 14.3 Å². The zero-order valence-electron chi connectivity index (χ0n) is 19.8. The number of hydrogen-bond donors (Lipinski definition) is 2. The molecule has 12 heteroatoms. The minimum absolute atomic E-state index is 0.138. The summed E-state index contributed by atoms with van der Waals surface area (Å²) < 4.78 is 64.5. The van der Waals surface area contributed by atoms with Gasteiger partial charge in [0.05, 0.1) is 23.0 Å². The number of aryl methyl sites for hydroxylation is 1. The molecule has 3 rings (SSSR count). The maximum Gasteiger partial charge on any atom is 0.258 e. The quantitative estimate of drug-likeness (QED) is 0.453. The van der Waals surface area contributed by atoms with Crippen molar-refractivity contribution in [2.45, 2.75) is 36.6 Å². The van der Waals surface area contributed by atoms with Crippen molar-refractivity contribution < 1.29 is 31.1 Å². The summed E-state index contributed by atoms with van der Waals surface area (Å²) in [7, 11) is -7.15.